The van der Waals surface area contributed by atoms with Crippen molar-refractivity contribution in [2.24, 2.45) is 0 Å². The molecule has 1 amide bonds. The average molecular weight is 468 g/mol. The number of ether oxygens (including phenoxy) is 1. The summed E-state index contributed by atoms with van der Waals surface area (Å²) >= 11 is 13.2. The lowest BCUT2D eigenvalue weighted by molar-refractivity contribution is 0.0985. The molecule has 0 unspecified atom stereocenters. The molecule has 0 aliphatic carbocycles. The zero-order valence-electron chi connectivity index (χ0n) is 16.3. The van der Waals surface area contributed by atoms with Crippen LogP contribution in [0.1, 0.15) is 17.1 Å². The minimum atomic E-state index is -0.527. The van der Waals surface area contributed by atoms with Gasteiger partial charge in [0.15, 0.2) is 0 Å². The van der Waals surface area contributed by atoms with Crippen LogP contribution in [0.3, 0.4) is 0 Å². The van der Waals surface area contributed by atoms with E-state index >= 15 is 0 Å². The molecule has 0 bridgehead atoms. The Morgan fingerprint density at radius 3 is 2.53 bits per heavy atom. The number of halogens is 2. The molecule has 1 N–H and O–H groups in total. The van der Waals surface area contributed by atoms with E-state index in [2.05, 4.69) is 25.4 Å². The van der Waals surface area contributed by atoms with Gasteiger partial charge in [-0.15, -0.1) is 10.2 Å². The molecule has 0 radical (unpaired) electrons. The van der Waals surface area contributed by atoms with Crippen molar-refractivity contribution >= 4 is 46.6 Å². The lowest BCUT2D eigenvalue weighted by Gasteiger charge is -2.10. The highest BCUT2D eigenvalue weighted by atomic mass is 35.5. The molecule has 0 aliphatic heterocycles. The van der Waals surface area contributed by atoms with Crippen molar-refractivity contribution in [2.75, 3.05) is 32.6 Å². The Labute approximate surface area is 187 Å². The molecule has 0 spiro atoms. The molecule has 3 rings (SSSR count). The number of rotatable bonds is 9. The quantitative estimate of drug-likeness (QED) is 0.459. The number of hydrogen-bond donors (Lipinski definition) is 1. The van der Waals surface area contributed by atoms with Gasteiger partial charge >= 0.3 is 11.8 Å². The highest BCUT2D eigenvalue weighted by molar-refractivity contribution is 7.99. The second-order valence-corrected chi connectivity index (χ2v) is 8.17. The molecule has 158 valence electrons. The van der Waals surface area contributed by atoms with Crippen LogP contribution in [-0.2, 0) is 0 Å². The smallest absolute Gasteiger partial charge is 0.313 e. The fourth-order valence-corrected chi connectivity index (χ4v) is 3.59. The Bertz CT molecular complexity index is 978. The SMILES string of the molecule is CN(C)CCCOc1ccc(NC(=O)c2nnc(Sc3c(Cl)cncc3Cl)o2)cc1. The lowest BCUT2D eigenvalue weighted by atomic mass is 10.3. The summed E-state index contributed by atoms with van der Waals surface area (Å²) in [5, 5.41) is 11.1. The van der Waals surface area contributed by atoms with Gasteiger partial charge in [-0.2, -0.15) is 0 Å². The fraction of sp³-hybridized carbons (Fsp3) is 0.263. The summed E-state index contributed by atoms with van der Waals surface area (Å²) in [4.78, 5) is 18.9. The predicted molar refractivity (Wildman–Crippen MR) is 116 cm³/mol. The van der Waals surface area contributed by atoms with Crippen molar-refractivity contribution in [2.45, 2.75) is 16.5 Å². The number of benzene rings is 1. The molecule has 0 saturated carbocycles. The van der Waals surface area contributed by atoms with Crippen LogP contribution in [0.25, 0.3) is 0 Å². The van der Waals surface area contributed by atoms with E-state index < -0.39 is 5.91 Å². The van der Waals surface area contributed by atoms with E-state index in [9.17, 15) is 4.79 Å². The number of amides is 1. The van der Waals surface area contributed by atoms with E-state index in [0.29, 0.717) is 27.2 Å². The minimum absolute atomic E-state index is 0.136. The molecular formula is C19H19Cl2N5O3S. The lowest BCUT2D eigenvalue weighted by Crippen LogP contribution is -2.15. The van der Waals surface area contributed by atoms with Gasteiger partial charge in [0.25, 0.3) is 5.22 Å². The number of hydrogen-bond acceptors (Lipinski definition) is 8. The number of carbonyl (C=O) groups excluding carboxylic acids is 1. The molecule has 0 fully saturated rings. The third-order valence-corrected chi connectivity index (χ3v) is 5.51. The summed E-state index contributed by atoms with van der Waals surface area (Å²) in [6, 6.07) is 7.05. The summed E-state index contributed by atoms with van der Waals surface area (Å²) in [6.45, 7) is 1.58. The summed E-state index contributed by atoms with van der Waals surface area (Å²) in [6.07, 6.45) is 3.84. The van der Waals surface area contributed by atoms with Crippen LogP contribution in [0.5, 0.6) is 5.75 Å². The molecule has 2 aromatic heterocycles. The highest BCUT2D eigenvalue weighted by Crippen LogP contribution is 2.37. The maximum absolute atomic E-state index is 12.4. The van der Waals surface area contributed by atoms with Crippen molar-refractivity contribution in [3.05, 3.63) is 52.6 Å². The number of nitrogens with one attached hydrogen (secondary N) is 1. The van der Waals surface area contributed by atoms with Gasteiger partial charge in [-0.3, -0.25) is 9.78 Å². The van der Waals surface area contributed by atoms with Crippen LogP contribution in [0.4, 0.5) is 5.69 Å². The largest absolute Gasteiger partial charge is 0.494 e. The van der Waals surface area contributed by atoms with Crippen LogP contribution < -0.4 is 10.1 Å². The van der Waals surface area contributed by atoms with Gasteiger partial charge < -0.3 is 19.4 Å². The number of carbonyl (C=O) groups is 1. The van der Waals surface area contributed by atoms with E-state index in [0.717, 1.165) is 30.5 Å². The third-order valence-electron chi connectivity index (χ3n) is 3.73. The summed E-state index contributed by atoms with van der Waals surface area (Å²) in [5.41, 5.74) is 0.577. The van der Waals surface area contributed by atoms with Crippen molar-refractivity contribution in [3.8, 4) is 5.75 Å². The predicted octanol–water partition coefficient (Wildman–Crippen LogP) is 4.51. The first-order valence-electron chi connectivity index (χ1n) is 8.91. The van der Waals surface area contributed by atoms with Gasteiger partial charge in [0, 0.05) is 24.6 Å². The fourth-order valence-electron chi connectivity index (χ4n) is 2.32. The van der Waals surface area contributed by atoms with Gasteiger partial charge in [0.05, 0.1) is 21.5 Å². The maximum atomic E-state index is 12.4. The Balaban J connectivity index is 1.55. The molecule has 8 nitrogen and oxygen atoms in total. The van der Waals surface area contributed by atoms with Crippen molar-refractivity contribution in [3.63, 3.8) is 0 Å². The molecule has 3 aromatic rings. The molecule has 1 aromatic carbocycles. The first-order chi connectivity index (χ1) is 14.4. The Kier molecular flexibility index (Phi) is 7.92. The van der Waals surface area contributed by atoms with Crippen LogP contribution >= 0.6 is 35.0 Å². The molecule has 0 aliphatic rings. The zero-order valence-corrected chi connectivity index (χ0v) is 18.6. The second-order valence-electron chi connectivity index (χ2n) is 6.39. The van der Waals surface area contributed by atoms with E-state index in [1.54, 1.807) is 24.3 Å². The first kappa shape index (κ1) is 22.4. The van der Waals surface area contributed by atoms with Gasteiger partial charge in [-0.05, 0) is 56.5 Å². The number of nitrogens with zero attached hydrogens (tertiary/aromatic N) is 4. The molecule has 2 heterocycles. The first-order valence-corrected chi connectivity index (χ1v) is 10.5. The Hall–Kier alpha value is -2.33. The second kappa shape index (κ2) is 10.6. The summed E-state index contributed by atoms with van der Waals surface area (Å²) < 4.78 is 11.1. The van der Waals surface area contributed by atoms with Gasteiger partial charge in [0.2, 0.25) is 0 Å². The standard InChI is InChI=1S/C19H19Cl2N5O3S/c1-26(2)8-3-9-28-13-6-4-12(5-7-13)23-17(27)18-24-25-19(29-18)30-16-14(20)10-22-11-15(16)21/h4-7,10-11H,3,8-9H2,1-2H3,(H,23,27). The van der Waals surface area contributed by atoms with Crippen LogP contribution in [-0.4, -0.2) is 53.2 Å². The van der Waals surface area contributed by atoms with Gasteiger partial charge in [-0.1, -0.05) is 23.2 Å². The van der Waals surface area contributed by atoms with E-state index in [-0.39, 0.29) is 11.1 Å². The Morgan fingerprint density at radius 1 is 1.17 bits per heavy atom. The number of aromatic nitrogens is 3. The van der Waals surface area contributed by atoms with Crippen LogP contribution in [0.15, 0.2) is 51.2 Å². The van der Waals surface area contributed by atoms with E-state index in [1.807, 2.05) is 14.1 Å². The van der Waals surface area contributed by atoms with E-state index in [4.69, 9.17) is 32.4 Å². The van der Waals surface area contributed by atoms with Gasteiger partial charge in [0.1, 0.15) is 5.75 Å². The molecule has 0 atom stereocenters. The third kappa shape index (κ3) is 6.33. The van der Waals surface area contributed by atoms with Crippen molar-refractivity contribution in [1.29, 1.82) is 0 Å². The monoisotopic (exact) mass is 467 g/mol. The van der Waals surface area contributed by atoms with E-state index in [1.165, 1.54) is 12.4 Å². The normalized spacial score (nSPS) is 11.0. The van der Waals surface area contributed by atoms with Crippen molar-refractivity contribution in [1.82, 2.24) is 20.1 Å². The average Bonchev–Trinajstić information content (AvgIpc) is 3.18. The number of anilines is 1. The molecule has 30 heavy (non-hydrogen) atoms. The number of pyridine rings is 1. The maximum Gasteiger partial charge on any atom is 0.313 e. The molecule has 0 saturated heterocycles. The van der Waals surface area contributed by atoms with Gasteiger partial charge in [-0.25, -0.2) is 0 Å². The van der Waals surface area contributed by atoms with Crippen LogP contribution in [0.2, 0.25) is 10.0 Å². The topological polar surface area (TPSA) is 93.4 Å². The van der Waals surface area contributed by atoms with Crippen molar-refractivity contribution < 1.29 is 13.9 Å². The molecular weight excluding hydrogens is 449 g/mol. The minimum Gasteiger partial charge on any atom is -0.494 e. The Morgan fingerprint density at radius 2 is 1.87 bits per heavy atom. The summed E-state index contributed by atoms with van der Waals surface area (Å²) in [7, 11) is 4.04. The zero-order chi connectivity index (χ0) is 21.5. The highest BCUT2D eigenvalue weighted by Gasteiger charge is 2.18. The van der Waals surface area contributed by atoms with Crippen LogP contribution in [0, 0.1) is 0 Å². The summed E-state index contributed by atoms with van der Waals surface area (Å²) in [5.74, 6) is 0.0260. The molecule has 11 heteroatoms.